The normalized spacial score (nSPS) is 10.1. The monoisotopic (exact) mass is 523 g/mol. The number of aryl methyl sites for hydroxylation is 1. The largest absolute Gasteiger partial charge is 0.497 e. The molecule has 9 nitrogen and oxygen atoms in total. The molecule has 0 radical (unpaired) electrons. The van der Waals surface area contributed by atoms with Crippen LogP contribution in [-0.4, -0.2) is 32.8 Å². The molecule has 0 saturated carbocycles. The van der Waals surface area contributed by atoms with Crippen molar-refractivity contribution in [2.24, 2.45) is 7.05 Å². The van der Waals surface area contributed by atoms with Crippen LogP contribution in [0.5, 0.6) is 5.75 Å². The fourth-order valence-electron chi connectivity index (χ4n) is 3.21. The lowest BCUT2D eigenvalue weighted by Gasteiger charge is -2.15. The SMILES string of the molecule is C=CC(=O)Nc1ccc(F)c(Nc2nc(Nc3cnn(C)c3)ncc2-c2cc(OC)ccc2Cl)c1.CC. The number of hydrogen-bond donors (Lipinski definition) is 3. The summed E-state index contributed by atoms with van der Waals surface area (Å²) in [6.07, 6.45) is 6.07. The van der Waals surface area contributed by atoms with Gasteiger partial charge in [-0.3, -0.25) is 9.48 Å². The second kappa shape index (κ2) is 12.5. The smallest absolute Gasteiger partial charge is 0.247 e. The summed E-state index contributed by atoms with van der Waals surface area (Å²) in [5.41, 5.74) is 2.22. The van der Waals surface area contributed by atoms with E-state index in [4.69, 9.17) is 16.3 Å². The second-order valence-corrected chi connectivity index (χ2v) is 7.75. The number of nitrogens with one attached hydrogen (secondary N) is 3. The number of aromatic nitrogens is 4. The second-order valence-electron chi connectivity index (χ2n) is 7.34. The van der Waals surface area contributed by atoms with E-state index in [1.807, 2.05) is 13.8 Å². The van der Waals surface area contributed by atoms with Gasteiger partial charge in [0.1, 0.15) is 17.4 Å². The van der Waals surface area contributed by atoms with Crippen LogP contribution in [0.25, 0.3) is 11.1 Å². The number of anilines is 5. The Hall–Kier alpha value is -4.44. The minimum absolute atomic E-state index is 0.0816. The van der Waals surface area contributed by atoms with Crippen LogP contribution < -0.4 is 20.7 Å². The van der Waals surface area contributed by atoms with Gasteiger partial charge in [0.15, 0.2) is 0 Å². The minimum Gasteiger partial charge on any atom is -0.497 e. The summed E-state index contributed by atoms with van der Waals surface area (Å²) >= 11 is 6.47. The third-order valence-corrected chi connectivity index (χ3v) is 5.22. The molecule has 2 heterocycles. The molecule has 0 aliphatic carbocycles. The zero-order valence-electron chi connectivity index (χ0n) is 20.8. The van der Waals surface area contributed by atoms with Gasteiger partial charge in [0.25, 0.3) is 0 Å². The summed E-state index contributed by atoms with van der Waals surface area (Å²) < 4.78 is 21.7. The molecule has 11 heteroatoms. The van der Waals surface area contributed by atoms with Gasteiger partial charge in [-0.1, -0.05) is 32.0 Å². The molecule has 0 atom stereocenters. The molecule has 37 heavy (non-hydrogen) atoms. The number of methoxy groups -OCH3 is 1. The molecule has 192 valence electrons. The molecule has 4 rings (SSSR count). The van der Waals surface area contributed by atoms with Crippen LogP contribution in [0.4, 0.5) is 33.2 Å². The molecular weight excluding hydrogens is 497 g/mol. The molecule has 2 aromatic heterocycles. The van der Waals surface area contributed by atoms with E-state index < -0.39 is 11.7 Å². The number of hydrogen-bond acceptors (Lipinski definition) is 7. The Morgan fingerprint density at radius 3 is 2.57 bits per heavy atom. The Morgan fingerprint density at radius 2 is 1.89 bits per heavy atom. The molecule has 0 unspecified atom stereocenters. The average molecular weight is 524 g/mol. The van der Waals surface area contributed by atoms with Crippen molar-refractivity contribution >= 4 is 46.3 Å². The lowest BCUT2D eigenvalue weighted by atomic mass is 10.1. The Balaban J connectivity index is 0.00000186. The number of halogens is 2. The zero-order valence-corrected chi connectivity index (χ0v) is 21.6. The van der Waals surface area contributed by atoms with Gasteiger partial charge < -0.3 is 20.7 Å². The van der Waals surface area contributed by atoms with Crippen molar-refractivity contribution in [3.05, 3.63) is 78.5 Å². The Kier molecular flexibility index (Phi) is 9.17. The topological polar surface area (TPSA) is 106 Å². The quantitative estimate of drug-likeness (QED) is 0.232. The van der Waals surface area contributed by atoms with Crippen LogP contribution in [0.3, 0.4) is 0 Å². The fourth-order valence-corrected chi connectivity index (χ4v) is 3.43. The van der Waals surface area contributed by atoms with Gasteiger partial charge in [-0.25, -0.2) is 9.37 Å². The lowest BCUT2D eigenvalue weighted by molar-refractivity contribution is -0.111. The van der Waals surface area contributed by atoms with Crippen LogP contribution >= 0.6 is 11.6 Å². The first-order valence-electron chi connectivity index (χ1n) is 11.3. The molecule has 0 spiro atoms. The lowest BCUT2D eigenvalue weighted by Crippen LogP contribution is -2.08. The Labute approximate surface area is 219 Å². The fraction of sp³-hybridized carbons (Fsp3) is 0.154. The van der Waals surface area contributed by atoms with Gasteiger partial charge in [0, 0.05) is 41.3 Å². The molecule has 0 fully saturated rings. The van der Waals surface area contributed by atoms with Crippen molar-refractivity contribution in [3.8, 4) is 16.9 Å². The molecular formula is C26H27ClFN7O2. The summed E-state index contributed by atoms with van der Waals surface area (Å²) in [4.78, 5) is 20.6. The summed E-state index contributed by atoms with van der Waals surface area (Å²) in [7, 11) is 3.33. The van der Waals surface area contributed by atoms with Crippen molar-refractivity contribution in [2.45, 2.75) is 13.8 Å². The molecule has 3 N–H and O–H groups in total. The number of carbonyl (C=O) groups excluding carboxylic acids is 1. The first-order chi connectivity index (χ1) is 17.9. The van der Waals surface area contributed by atoms with E-state index in [0.29, 0.717) is 33.3 Å². The van der Waals surface area contributed by atoms with Gasteiger partial charge >= 0.3 is 0 Å². The Bertz CT molecular complexity index is 1410. The maximum atomic E-state index is 14.7. The van der Waals surface area contributed by atoms with Crippen molar-refractivity contribution in [2.75, 3.05) is 23.1 Å². The molecule has 1 amide bonds. The van der Waals surface area contributed by atoms with Gasteiger partial charge in [-0.05, 0) is 42.5 Å². The van der Waals surface area contributed by atoms with Gasteiger partial charge in [0.2, 0.25) is 11.9 Å². The standard InChI is InChI=1S/C24H21ClFN7O2.C2H6/c1-4-22(34)29-14-5-8-20(26)21(9-14)31-23-18(17-10-16(35-3)6-7-19(17)25)12-27-24(32-23)30-15-11-28-33(2)13-15;1-2/h4-13H,1H2,2-3H3,(H,29,34)(H2,27,30,31,32);1-2H3. The molecule has 0 aliphatic rings. The summed E-state index contributed by atoms with van der Waals surface area (Å²) in [6.45, 7) is 7.42. The highest BCUT2D eigenvalue weighted by atomic mass is 35.5. The highest BCUT2D eigenvalue weighted by molar-refractivity contribution is 6.33. The maximum Gasteiger partial charge on any atom is 0.247 e. The van der Waals surface area contributed by atoms with Crippen molar-refractivity contribution in [1.29, 1.82) is 0 Å². The first kappa shape index (κ1) is 27.2. The van der Waals surface area contributed by atoms with Crippen molar-refractivity contribution in [1.82, 2.24) is 19.7 Å². The van der Waals surface area contributed by atoms with Crippen LogP contribution in [0, 0.1) is 5.82 Å². The van der Waals surface area contributed by atoms with E-state index in [9.17, 15) is 9.18 Å². The summed E-state index contributed by atoms with van der Waals surface area (Å²) in [5.74, 6) is 0.127. The van der Waals surface area contributed by atoms with Gasteiger partial charge in [-0.15, -0.1) is 0 Å². The number of carbonyl (C=O) groups is 1. The number of benzene rings is 2. The van der Waals surface area contributed by atoms with E-state index >= 15 is 0 Å². The average Bonchev–Trinajstić information content (AvgIpc) is 3.32. The minimum atomic E-state index is -0.551. The highest BCUT2D eigenvalue weighted by Gasteiger charge is 2.16. The predicted molar refractivity (Wildman–Crippen MR) is 145 cm³/mol. The third kappa shape index (κ3) is 6.83. The third-order valence-electron chi connectivity index (χ3n) is 4.89. The van der Waals surface area contributed by atoms with Crippen molar-refractivity contribution < 1.29 is 13.9 Å². The van der Waals surface area contributed by atoms with Gasteiger partial charge in [0.05, 0.1) is 24.7 Å². The van der Waals surface area contributed by atoms with E-state index in [0.717, 1.165) is 6.08 Å². The number of ether oxygens (including phenoxy) is 1. The van der Waals surface area contributed by atoms with Gasteiger partial charge in [-0.2, -0.15) is 10.1 Å². The van der Waals surface area contributed by atoms with E-state index in [2.05, 4.69) is 37.6 Å². The molecule has 0 aliphatic heterocycles. The zero-order chi connectivity index (χ0) is 26.9. The number of amides is 1. The van der Waals surface area contributed by atoms with Crippen molar-refractivity contribution in [3.63, 3.8) is 0 Å². The predicted octanol–water partition coefficient (Wildman–Crippen LogP) is 6.32. The molecule has 2 aromatic carbocycles. The molecule has 0 saturated heterocycles. The van der Waals surface area contributed by atoms with Crippen LogP contribution in [0.1, 0.15) is 13.8 Å². The molecule has 4 aromatic rings. The summed E-state index contributed by atoms with van der Waals surface area (Å²) in [6, 6.07) is 9.27. The van der Waals surface area contributed by atoms with E-state index in [1.54, 1.807) is 55.6 Å². The van der Waals surface area contributed by atoms with Crippen LogP contribution in [0.2, 0.25) is 5.02 Å². The highest BCUT2D eigenvalue weighted by Crippen LogP contribution is 2.37. The number of nitrogens with zero attached hydrogens (tertiary/aromatic N) is 4. The number of rotatable bonds is 8. The van der Waals surface area contributed by atoms with E-state index in [-0.39, 0.29) is 17.5 Å². The van der Waals surface area contributed by atoms with Crippen LogP contribution in [-0.2, 0) is 11.8 Å². The Morgan fingerprint density at radius 1 is 1.11 bits per heavy atom. The summed E-state index contributed by atoms with van der Waals surface area (Å²) in [5, 5.41) is 13.2. The van der Waals surface area contributed by atoms with Crippen LogP contribution in [0.15, 0.2) is 67.6 Å². The van der Waals surface area contributed by atoms with E-state index in [1.165, 1.54) is 18.2 Å². The maximum absolute atomic E-state index is 14.7. The molecule has 0 bridgehead atoms. The first-order valence-corrected chi connectivity index (χ1v) is 11.7.